The fraction of sp³-hybridized carbons (Fsp3) is 0.667. The lowest BCUT2D eigenvalue weighted by Gasteiger charge is -2.26. The van der Waals surface area contributed by atoms with Crippen molar-refractivity contribution in [2.75, 3.05) is 6.54 Å². The number of aliphatic imine (C=N–C) groups is 1. The number of rotatable bonds is 17. The summed E-state index contributed by atoms with van der Waals surface area (Å²) in [5.41, 5.74) is 17.2. The molecule has 0 fully saturated rings. The van der Waals surface area contributed by atoms with Crippen LogP contribution in [0.2, 0.25) is 0 Å². The summed E-state index contributed by atoms with van der Waals surface area (Å²) in [5.74, 6) is -3.13. The van der Waals surface area contributed by atoms with Gasteiger partial charge in [-0.05, 0) is 31.1 Å². The SMILES string of the molecule is CCC(C)C(N)C(=O)NC(CC(C)C)C(=O)NC(Cc1cnc[nH]1)C(=O)NC(CCCN=C(N)N)C(=O)O. The summed E-state index contributed by atoms with van der Waals surface area (Å²) in [5, 5.41) is 17.5. The van der Waals surface area contributed by atoms with E-state index < -0.39 is 47.9 Å². The number of aliphatic carboxylic acids is 1. The summed E-state index contributed by atoms with van der Waals surface area (Å²) in [6.45, 7) is 7.76. The molecule has 0 aliphatic heterocycles. The van der Waals surface area contributed by atoms with Crippen LogP contribution in [0.1, 0.15) is 59.1 Å². The third-order valence-electron chi connectivity index (χ3n) is 6.07. The highest BCUT2D eigenvalue weighted by molar-refractivity contribution is 5.94. The van der Waals surface area contributed by atoms with E-state index in [0.717, 1.165) is 0 Å². The van der Waals surface area contributed by atoms with Crippen LogP contribution in [0, 0.1) is 11.8 Å². The molecule has 0 spiro atoms. The Balaban J connectivity index is 3.05. The molecule has 11 N–H and O–H groups in total. The van der Waals surface area contributed by atoms with Crippen LogP contribution in [0.3, 0.4) is 0 Å². The standard InChI is InChI=1S/C24H43N9O5/c1-5-14(4)19(25)22(36)33-17(9-13(2)3)20(34)32-18(10-15-11-28-12-30-15)21(35)31-16(23(37)38)7-6-8-29-24(26)27/h11-14,16-19H,5-10,25H2,1-4H3,(H,28,30)(H,31,35)(H,32,34)(H,33,36)(H,37,38)(H4,26,27,29). The minimum Gasteiger partial charge on any atom is -0.480 e. The Morgan fingerprint density at radius 3 is 2.16 bits per heavy atom. The molecule has 0 aromatic carbocycles. The number of amides is 3. The maximum absolute atomic E-state index is 13.3. The van der Waals surface area contributed by atoms with Crippen molar-refractivity contribution in [2.24, 2.45) is 34.0 Å². The predicted molar refractivity (Wildman–Crippen MR) is 143 cm³/mol. The topological polar surface area (TPSA) is 244 Å². The number of hydrogen-bond acceptors (Lipinski definition) is 7. The molecule has 5 atom stereocenters. The summed E-state index contributed by atoms with van der Waals surface area (Å²) in [6.07, 6.45) is 4.33. The summed E-state index contributed by atoms with van der Waals surface area (Å²) in [4.78, 5) is 61.5. The highest BCUT2D eigenvalue weighted by Gasteiger charge is 2.31. The normalized spacial score (nSPS) is 15.0. The van der Waals surface area contributed by atoms with Gasteiger partial charge in [-0.3, -0.25) is 19.4 Å². The van der Waals surface area contributed by atoms with Crippen molar-refractivity contribution in [3.05, 3.63) is 18.2 Å². The largest absolute Gasteiger partial charge is 0.480 e. The van der Waals surface area contributed by atoms with Gasteiger partial charge in [-0.2, -0.15) is 0 Å². The Morgan fingerprint density at radius 2 is 1.63 bits per heavy atom. The van der Waals surface area contributed by atoms with Crippen LogP contribution in [-0.2, 0) is 25.6 Å². The van der Waals surface area contributed by atoms with Crippen LogP contribution in [0.4, 0.5) is 0 Å². The Bertz CT molecular complexity index is 932. The lowest BCUT2D eigenvalue weighted by Crippen LogP contribution is -2.58. The van der Waals surface area contributed by atoms with Crippen molar-refractivity contribution in [2.45, 2.75) is 84.0 Å². The Morgan fingerprint density at radius 1 is 1.03 bits per heavy atom. The fourth-order valence-electron chi connectivity index (χ4n) is 3.61. The van der Waals surface area contributed by atoms with Crippen LogP contribution in [0.15, 0.2) is 17.5 Å². The molecule has 1 rings (SSSR count). The number of imidazole rings is 1. The van der Waals surface area contributed by atoms with E-state index in [0.29, 0.717) is 25.0 Å². The second-order valence-electron chi connectivity index (χ2n) is 9.79. The van der Waals surface area contributed by atoms with E-state index in [1.807, 2.05) is 27.7 Å². The molecular weight excluding hydrogens is 494 g/mol. The molecule has 38 heavy (non-hydrogen) atoms. The third-order valence-corrected chi connectivity index (χ3v) is 6.07. The lowest BCUT2D eigenvalue weighted by atomic mass is 9.97. The molecule has 3 amide bonds. The number of hydrogen-bond donors (Lipinski definition) is 8. The average molecular weight is 538 g/mol. The number of aromatic amines is 1. The predicted octanol–water partition coefficient (Wildman–Crippen LogP) is -1.04. The van der Waals surface area contributed by atoms with E-state index in [-0.39, 0.29) is 37.2 Å². The molecule has 1 aromatic rings. The second kappa shape index (κ2) is 16.2. The Labute approximate surface area is 223 Å². The van der Waals surface area contributed by atoms with E-state index in [4.69, 9.17) is 17.2 Å². The van der Waals surface area contributed by atoms with Gasteiger partial charge in [-0.1, -0.05) is 34.1 Å². The Hall–Kier alpha value is -3.68. The van der Waals surface area contributed by atoms with Gasteiger partial charge >= 0.3 is 5.97 Å². The molecule has 0 radical (unpaired) electrons. The zero-order valence-electron chi connectivity index (χ0n) is 22.6. The second-order valence-corrected chi connectivity index (χ2v) is 9.79. The molecule has 1 heterocycles. The Kier molecular flexibility index (Phi) is 13.8. The first-order valence-corrected chi connectivity index (χ1v) is 12.8. The van der Waals surface area contributed by atoms with Crippen LogP contribution < -0.4 is 33.2 Å². The highest BCUT2D eigenvalue weighted by Crippen LogP contribution is 2.10. The van der Waals surface area contributed by atoms with Gasteiger partial charge in [-0.25, -0.2) is 9.78 Å². The summed E-state index contributed by atoms with van der Waals surface area (Å²) in [7, 11) is 0. The van der Waals surface area contributed by atoms with Gasteiger partial charge in [0.05, 0.1) is 12.4 Å². The van der Waals surface area contributed by atoms with Crippen molar-refractivity contribution in [3.63, 3.8) is 0 Å². The molecule has 214 valence electrons. The zero-order valence-corrected chi connectivity index (χ0v) is 22.6. The van der Waals surface area contributed by atoms with E-state index in [1.54, 1.807) is 0 Å². The molecule has 0 saturated carbocycles. The van der Waals surface area contributed by atoms with Gasteiger partial charge in [0.25, 0.3) is 0 Å². The first-order chi connectivity index (χ1) is 17.8. The highest BCUT2D eigenvalue weighted by atomic mass is 16.4. The monoisotopic (exact) mass is 537 g/mol. The average Bonchev–Trinajstić information content (AvgIpc) is 3.36. The number of H-pyrrole nitrogens is 1. The minimum atomic E-state index is -1.24. The van der Waals surface area contributed by atoms with Crippen LogP contribution in [0.25, 0.3) is 0 Å². The van der Waals surface area contributed by atoms with Crippen molar-refractivity contribution < 1.29 is 24.3 Å². The van der Waals surface area contributed by atoms with Crippen molar-refractivity contribution in [1.82, 2.24) is 25.9 Å². The number of carboxylic acids is 1. The van der Waals surface area contributed by atoms with Crippen molar-refractivity contribution >= 4 is 29.7 Å². The molecule has 0 bridgehead atoms. The first-order valence-electron chi connectivity index (χ1n) is 12.8. The lowest BCUT2D eigenvalue weighted by molar-refractivity contribution is -0.142. The van der Waals surface area contributed by atoms with Crippen LogP contribution in [0.5, 0.6) is 0 Å². The number of carbonyl (C=O) groups excluding carboxylic acids is 3. The maximum atomic E-state index is 13.3. The van der Waals surface area contributed by atoms with Crippen LogP contribution >= 0.6 is 0 Å². The molecule has 5 unspecified atom stereocenters. The molecule has 14 heteroatoms. The number of carbonyl (C=O) groups is 4. The number of nitrogens with one attached hydrogen (secondary N) is 4. The van der Waals surface area contributed by atoms with Crippen LogP contribution in [-0.4, -0.2) is 75.4 Å². The minimum absolute atomic E-state index is 0.0205. The quantitative estimate of drug-likeness (QED) is 0.0686. The van der Waals surface area contributed by atoms with Gasteiger partial charge in [0.15, 0.2) is 5.96 Å². The molecule has 0 aliphatic rings. The van der Waals surface area contributed by atoms with Gasteiger partial charge in [0.1, 0.15) is 18.1 Å². The van der Waals surface area contributed by atoms with Gasteiger partial charge < -0.3 is 43.2 Å². The fourth-order valence-corrected chi connectivity index (χ4v) is 3.61. The smallest absolute Gasteiger partial charge is 0.326 e. The zero-order chi connectivity index (χ0) is 28.8. The van der Waals surface area contributed by atoms with E-state index in [1.165, 1.54) is 12.5 Å². The number of nitrogens with zero attached hydrogens (tertiary/aromatic N) is 2. The number of carboxylic acid groups (broad SMARTS) is 1. The molecular formula is C24H43N9O5. The number of nitrogens with two attached hydrogens (primary N) is 3. The molecule has 1 aromatic heterocycles. The maximum Gasteiger partial charge on any atom is 0.326 e. The van der Waals surface area contributed by atoms with Crippen molar-refractivity contribution in [1.29, 1.82) is 0 Å². The number of aromatic nitrogens is 2. The van der Waals surface area contributed by atoms with Gasteiger partial charge in [-0.15, -0.1) is 0 Å². The van der Waals surface area contributed by atoms with E-state index in [9.17, 15) is 24.3 Å². The van der Waals surface area contributed by atoms with E-state index in [2.05, 4.69) is 30.9 Å². The van der Waals surface area contributed by atoms with Gasteiger partial charge in [0, 0.05) is 24.9 Å². The van der Waals surface area contributed by atoms with E-state index >= 15 is 0 Å². The summed E-state index contributed by atoms with van der Waals surface area (Å²) >= 11 is 0. The third kappa shape index (κ3) is 11.6. The summed E-state index contributed by atoms with van der Waals surface area (Å²) in [6, 6.07) is -4.10. The van der Waals surface area contributed by atoms with Gasteiger partial charge in [0.2, 0.25) is 17.7 Å². The van der Waals surface area contributed by atoms with Crippen molar-refractivity contribution in [3.8, 4) is 0 Å². The molecule has 0 aliphatic carbocycles. The number of guanidine groups is 1. The molecule has 0 saturated heterocycles. The summed E-state index contributed by atoms with van der Waals surface area (Å²) < 4.78 is 0. The molecule has 14 nitrogen and oxygen atoms in total. The first kappa shape index (κ1) is 32.3.